The number of rotatable bonds is 4. The smallest absolute Gasteiger partial charge is 0.244 e. The van der Waals surface area contributed by atoms with Gasteiger partial charge >= 0.3 is 0 Å². The predicted molar refractivity (Wildman–Crippen MR) is 55.1 cm³/mol. The zero-order valence-electron chi connectivity index (χ0n) is 8.70. The van der Waals surface area contributed by atoms with Crippen molar-refractivity contribution in [2.75, 3.05) is 0 Å². The topological polar surface area (TPSA) is 86.2 Å². The molecule has 0 fully saturated rings. The number of allylic oxidation sites excluding steroid dienone is 2. The molecule has 78 valence electrons. The van der Waals surface area contributed by atoms with Gasteiger partial charge in [0.05, 0.1) is 0 Å². The Labute approximate surface area is 83.6 Å². The average Bonchev–Trinajstić information content (AvgIpc) is 2.03. The summed E-state index contributed by atoms with van der Waals surface area (Å²) in [5.41, 5.74) is 11.1. The summed E-state index contributed by atoms with van der Waals surface area (Å²) in [7, 11) is 0. The second kappa shape index (κ2) is 5.21. The van der Waals surface area contributed by atoms with Gasteiger partial charge in [0, 0.05) is 11.1 Å². The fourth-order valence-corrected chi connectivity index (χ4v) is 1.00. The molecule has 0 saturated carbocycles. The first-order valence-electron chi connectivity index (χ1n) is 4.31. The number of hydrogen-bond donors (Lipinski definition) is 2. The molecule has 0 rings (SSSR count). The van der Waals surface area contributed by atoms with Crippen molar-refractivity contribution in [1.29, 1.82) is 0 Å². The molecule has 0 bridgehead atoms. The fraction of sp³-hybridized carbons (Fsp3) is 0.400. The van der Waals surface area contributed by atoms with E-state index in [1.165, 1.54) is 0 Å². The Bertz CT molecular complexity index is 273. The van der Waals surface area contributed by atoms with Gasteiger partial charge in [0.15, 0.2) is 0 Å². The van der Waals surface area contributed by atoms with Gasteiger partial charge in [0.2, 0.25) is 11.8 Å². The largest absolute Gasteiger partial charge is 0.366 e. The maximum atomic E-state index is 10.7. The molecule has 14 heavy (non-hydrogen) atoms. The minimum absolute atomic E-state index is 0.0324. The predicted octanol–water partition coefficient (Wildman–Crippen LogP) is 0.486. The summed E-state index contributed by atoms with van der Waals surface area (Å²) in [5, 5.41) is 0. The monoisotopic (exact) mass is 196 g/mol. The van der Waals surface area contributed by atoms with Crippen LogP contribution in [0.4, 0.5) is 0 Å². The van der Waals surface area contributed by atoms with Gasteiger partial charge in [-0.2, -0.15) is 0 Å². The second-order valence-corrected chi connectivity index (χ2v) is 3.29. The Hall–Kier alpha value is -1.58. The molecule has 4 heteroatoms. The molecule has 0 aromatic carbocycles. The Morgan fingerprint density at radius 1 is 1.00 bits per heavy atom. The zero-order valence-corrected chi connectivity index (χ0v) is 8.70. The van der Waals surface area contributed by atoms with E-state index in [0.717, 1.165) is 0 Å². The van der Waals surface area contributed by atoms with E-state index in [9.17, 15) is 9.59 Å². The van der Waals surface area contributed by atoms with Gasteiger partial charge in [-0.25, -0.2) is 0 Å². The van der Waals surface area contributed by atoms with Crippen molar-refractivity contribution in [1.82, 2.24) is 0 Å². The van der Waals surface area contributed by atoms with E-state index in [-0.39, 0.29) is 5.92 Å². The molecule has 0 atom stereocenters. The standard InChI is InChI=1S/C10H16N2O2/c1-6(4-7(2)9(11)13)5-8(3)10(12)14/h4-6H,1-3H3,(H2,11,13)(H2,12,14)/b7-4+,8-5+. The van der Waals surface area contributed by atoms with Crippen LogP contribution >= 0.6 is 0 Å². The highest BCUT2D eigenvalue weighted by molar-refractivity contribution is 5.92. The van der Waals surface area contributed by atoms with Crippen molar-refractivity contribution < 1.29 is 9.59 Å². The molecule has 0 aromatic heterocycles. The van der Waals surface area contributed by atoms with Crippen LogP contribution in [0.3, 0.4) is 0 Å². The Morgan fingerprint density at radius 3 is 1.50 bits per heavy atom. The number of nitrogens with two attached hydrogens (primary N) is 2. The summed E-state index contributed by atoms with van der Waals surface area (Å²) in [5.74, 6) is -0.945. The first-order valence-corrected chi connectivity index (χ1v) is 4.31. The van der Waals surface area contributed by atoms with Crippen LogP contribution in [0.15, 0.2) is 23.3 Å². The molecular weight excluding hydrogens is 180 g/mol. The lowest BCUT2D eigenvalue weighted by atomic mass is 10.0. The van der Waals surface area contributed by atoms with Crippen LogP contribution in [0.25, 0.3) is 0 Å². The maximum Gasteiger partial charge on any atom is 0.244 e. The van der Waals surface area contributed by atoms with Gasteiger partial charge in [0.25, 0.3) is 0 Å². The van der Waals surface area contributed by atoms with E-state index < -0.39 is 11.8 Å². The molecule has 0 spiro atoms. The van der Waals surface area contributed by atoms with Crippen LogP contribution in [0.1, 0.15) is 20.8 Å². The zero-order chi connectivity index (χ0) is 11.3. The Kier molecular flexibility index (Phi) is 4.63. The van der Waals surface area contributed by atoms with Crippen molar-refractivity contribution in [2.24, 2.45) is 17.4 Å². The van der Waals surface area contributed by atoms with Crippen LogP contribution in [0.2, 0.25) is 0 Å². The van der Waals surface area contributed by atoms with Crippen LogP contribution in [-0.4, -0.2) is 11.8 Å². The van der Waals surface area contributed by atoms with Gasteiger partial charge < -0.3 is 11.5 Å². The van der Waals surface area contributed by atoms with Crippen LogP contribution in [0, 0.1) is 5.92 Å². The first kappa shape index (κ1) is 12.4. The van der Waals surface area contributed by atoms with Crippen molar-refractivity contribution in [3.63, 3.8) is 0 Å². The van der Waals surface area contributed by atoms with E-state index in [1.807, 2.05) is 6.92 Å². The van der Waals surface area contributed by atoms with Crippen LogP contribution in [-0.2, 0) is 9.59 Å². The third-order valence-corrected chi connectivity index (χ3v) is 1.80. The van der Waals surface area contributed by atoms with Crippen molar-refractivity contribution >= 4 is 11.8 Å². The summed E-state index contributed by atoms with van der Waals surface area (Å²) in [6.07, 6.45) is 3.38. The molecule has 0 aliphatic heterocycles. The molecule has 0 heterocycles. The molecule has 0 aliphatic carbocycles. The molecular formula is C10H16N2O2. The molecule has 4 N–H and O–H groups in total. The minimum atomic E-state index is -0.457. The highest BCUT2D eigenvalue weighted by Crippen LogP contribution is 2.07. The summed E-state index contributed by atoms with van der Waals surface area (Å²) in [6.45, 7) is 5.11. The number of carbonyl (C=O) groups excluding carboxylic acids is 2. The van der Waals surface area contributed by atoms with E-state index in [2.05, 4.69) is 0 Å². The summed E-state index contributed by atoms with van der Waals surface area (Å²) >= 11 is 0. The maximum absolute atomic E-state index is 10.7. The van der Waals surface area contributed by atoms with E-state index in [0.29, 0.717) is 11.1 Å². The number of carbonyl (C=O) groups is 2. The van der Waals surface area contributed by atoms with Crippen molar-refractivity contribution in [3.05, 3.63) is 23.3 Å². The molecule has 0 aliphatic rings. The third kappa shape index (κ3) is 4.45. The first-order chi connectivity index (χ1) is 6.34. The second-order valence-electron chi connectivity index (χ2n) is 3.29. The molecule has 0 unspecified atom stereocenters. The summed E-state index contributed by atoms with van der Waals surface area (Å²) in [6, 6.07) is 0. The van der Waals surface area contributed by atoms with E-state index in [1.54, 1.807) is 26.0 Å². The average molecular weight is 196 g/mol. The lowest BCUT2D eigenvalue weighted by molar-refractivity contribution is -0.115. The van der Waals surface area contributed by atoms with Crippen molar-refractivity contribution in [2.45, 2.75) is 20.8 Å². The highest BCUT2D eigenvalue weighted by atomic mass is 16.1. The van der Waals surface area contributed by atoms with Crippen molar-refractivity contribution in [3.8, 4) is 0 Å². The number of amides is 2. The van der Waals surface area contributed by atoms with Gasteiger partial charge in [-0.05, 0) is 19.8 Å². The van der Waals surface area contributed by atoms with Gasteiger partial charge in [0.1, 0.15) is 0 Å². The molecule has 0 aromatic rings. The lowest BCUT2D eigenvalue weighted by Crippen LogP contribution is -2.14. The SMILES string of the molecule is C/C(=C\C(C)/C=C(\C)C(N)=O)C(N)=O. The normalized spacial score (nSPS) is 13.1. The fourth-order valence-electron chi connectivity index (χ4n) is 1.00. The van der Waals surface area contributed by atoms with Gasteiger partial charge in [-0.3, -0.25) is 9.59 Å². The van der Waals surface area contributed by atoms with Gasteiger partial charge in [-0.15, -0.1) is 0 Å². The van der Waals surface area contributed by atoms with Gasteiger partial charge in [-0.1, -0.05) is 19.1 Å². The minimum Gasteiger partial charge on any atom is -0.366 e. The van der Waals surface area contributed by atoms with Crippen LogP contribution < -0.4 is 11.5 Å². The van der Waals surface area contributed by atoms with Crippen LogP contribution in [0.5, 0.6) is 0 Å². The highest BCUT2D eigenvalue weighted by Gasteiger charge is 2.02. The number of hydrogen-bond acceptors (Lipinski definition) is 2. The molecule has 0 radical (unpaired) electrons. The summed E-state index contributed by atoms with van der Waals surface area (Å²) in [4.78, 5) is 21.4. The summed E-state index contributed by atoms with van der Waals surface area (Å²) < 4.78 is 0. The molecule has 2 amide bonds. The Balaban J connectivity index is 4.59. The quantitative estimate of drug-likeness (QED) is 0.641. The van der Waals surface area contributed by atoms with E-state index in [4.69, 9.17) is 11.5 Å². The van der Waals surface area contributed by atoms with E-state index >= 15 is 0 Å². The lowest BCUT2D eigenvalue weighted by Gasteiger charge is -2.02. The Morgan fingerprint density at radius 2 is 1.29 bits per heavy atom. The number of primary amides is 2. The molecule has 0 saturated heterocycles. The third-order valence-electron chi connectivity index (χ3n) is 1.80. The molecule has 4 nitrogen and oxygen atoms in total.